The number of phenols is 23. The molecule has 7 aliphatic rings. The summed E-state index contributed by atoms with van der Waals surface area (Å²) in [5.41, 5.74) is -20.7. The number of rotatable bonds is 4. The Morgan fingerprint density at radius 1 is 0.287 bits per heavy atom. The monoisotopic (exact) mass is 1490 g/mol. The number of aliphatic hydroxyl groups is 2. The van der Waals surface area contributed by atoms with Gasteiger partial charge >= 0.3 is 29.8 Å². The molecule has 0 aromatic heterocycles. The van der Waals surface area contributed by atoms with Gasteiger partial charge in [-0.2, -0.15) is 0 Å². The van der Waals surface area contributed by atoms with Crippen molar-refractivity contribution >= 4 is 29.8 Å². The molecule has 0 radical (unpaired) electrons. The molecular weight excluding hydrogens is 1440 g/mol. The van der Waals surface area contributed by atoms with Crippen LogP contribution in [0.1, 0.15) is 115 Å². The molecule has 556 valence electrons. The van der Waals surface area contributed by atoms with Gasteiger partial charge in [0.05, 0.1) is 45.8 Å². The number of hydrogen-bond donors (Lipinski definition) is 25. The summed E-state index contributed by atoms with van der Waals surface area (Å²) < 4.78 is 43.1. The van der Waals surface area contributed by atoms with E-state index in [0.717, 1.165) is 30.3 Å². The average Bonchev–Trinajstić information content (AvgIpc) is 0.823. The van der Waals surface area contributed by atoms with Crippen molar-refractivity contribution in [3.05, 3.63) is 133 Å². The summed E-state index contributed by atoms with van der Waals surface area (Å²) in [4.78, 5) is 78.2. The molecule has 16 rings (SSSR count). The molecule has 25 N–H and O–H groups in total. The molecule has 0 saturated carbocycles. The number of carbonyl (C=O) groups is 5. The highest BCUT2D eigenvalue weighted by molar-refractivity contribution is 6.17. The Bertz CT molecular complexity index is 5600. The van der Waals surface area contributed by atoms with Crippen LogP contribution < -0.4 is 9.47 Å². The Balaban J connectivity index is 1.08. The second kappa shape index (κ2) is 23.9. The Kier molecular flexibility index (Phi) is 15.3. The quantitative estimate of drug-likeness (QED) is 0.0643. The third kappa shape index (κ3) is 9.74. The van der Waals surface area contributed by atoms with E-state index >= 15 is 19.2 Å². The van der Waals surface area contributed by atoms with Gasteiger partial charge in [0, 0.05) is 79.8 Å². The van der Waals surface area contributed by atoms with Crippen LogP contribution in [0.2, 0.25) is 0 Å². The second-order valence-corrected chi connectivity index (χ2v) is 25.6. The van der Waals surface area contributed by atoms with Gasteiger partial charge in [-0.15, -0.1) is 0 Å². The zero-order valence-corrected chi connectivity index (χ0v) is 53.6. The molecular formula is C71H50O37. The Labute approximate surface area is 597 Å². The number of hydrogen-bond acceptors (Lipinski definition) is 37. The van der Waals surface area contributed by atoms with Gasteiger partial charge in [-0.05, 0) is 53.6 Å². The lowest BCUT2D eigenvalue weighted by Crippen LogP contribution is -2.56. The number of benzene rings is 9. The van der Waals surface area contributed by atoms with Crippen molar-refractivity contribution in [2.75, 3.05) is 6.61 Å². The van der Waals surface area contributed by atoms with Crippen molar-refractivity contribution < 1.29 is 185 Å². The fraction of sp³-hybridized carbons (Fsp3) is 0.169. The first-order valence-corrected chi connectivity index (χ1v) is 31.4. The molecule has 9 aromatic carbocycles. The van der Waals surface area contributed by atoms with Crippen molar-refractivity contribution in [3.8, 4) is 177 Å². The maximum absolute atomic E-state index is 16.3. The van der Waals surface area contributed by atoms with E-state index in [2.05, 4.69) is 0 Å². The number of fused-ring (bicyclic) bond motifs is 9. The van der Waals surface area contributed by atoms with Gasteiger partial charge in [-0.1, -0.05) is 12.1 Å². The second-order valence-electron chi connectivity index (χ2n) is 25.6. The number of phenolic OH excluding ortho intramolecular Hbond substituents is 23. The van der Waals surface area contributed by atoms with Crippen LogP contribution in [-0.4, -0.2) is 201 Å². The molecule has 6 bridgehead atoms. The van der Waals surface area contributed by atoms with Gasteiger partial charge in [0.25, 0.3) is 0 Å². The summed E-state index contributed by atoms with van der Waals surface area (Å²) in [6.45, 7) is -1.75. The lowest BCUT2D eigenvalue weighted by Gasteiger charge is -2.45. The summed E-state index contributed by atoms with van der Waals surface area (Å²) in [5.74, 6) is -50.0. The van der Waals surface area contributed by atoms with Crippen LogP contribution in [-0.2, 0) is 30.1 Å². The molecule has 0 fully saturated rings. The minimum Gasteiger partial charge on any atom is -0.507 e. The number of aromatic hydroxyl groups is 23. The molecule has 0 aliphatic carbocycles. The molecule has 7 heterocycles. The largest absolute Gasteiger partial charge is 0.507 e. The van der Waals surface area contributed by atoms with Gasteiger partial charge in [0.1, 0.15) is 53.3 Å². The van der Waals surface area contributed by atoms with Gasteiger partial charge in [-0.25, -0.2) is 24.0 Å². The van der Waals surface area contributed by atoms with Crippen LogP contribution in [0.25, 0.3) is 33.4 Å². The third-order valence-electron chi connectivity index (χ3n) is 19.7. The zero-order chi connectivity index (χ0) is 77.6. The summed E-state index contributed by atoms with van der Waals surface area (Å²) in [7, 11) is 0. The molecule has 108 heavy (non-hydrogen) atoms. The zero-order valence-electron chi connectivity index (χ0n) is 53.6. The summed E-state index contributed by atoms with van der Waals surface area (Å²) >= 11 is 0. The third-order valence-corrected chi connectivity index (χ3v) is 19.7. The number of esters is 5. The lowest BCUT2D eigenvalue weighted by atomic mass is 9.71. The molecule has 0 amide bonds. The molecule has 9 aromatic rings. The van der Waals surface area contributed by atoms with Crippen LogP contribution in [0, 0.1) is 0 Å². The van der Waals surface area contributed by atoms with Gasteiger partial charge in [-0.3, -0.25) is 0 Å². The van der Waals surface area contributed by atoms with Crippen molar-refractivity contribution in [1.29, 1.82) is 0 Å². The Hall–Kier alpha value is -14.8. The summed E-state index contributed by atoms with van der Waals surface area (Å²) in [6.07, 6.45) is -20.9. The average molecular weight is 1500 g/mol. The number of ether oxygens (including phenoxy) is 7. The van der Waals surface area contributed by atoms with E-state index in [1.807, 2.05) is 0 Å². The van der Waals surface area contributed by atoms with Crippen LogP contribution >= 0.6 is 0 Å². The van der Waals surface area contributed by atoms with Crippen molar-refractivity contribution in [1.82, 2.24) is 0 Å². The van der Waals surface area contributed by atoms with E-state index in [-0.39, 0.29) is 23.3 Å². The highest BCUT2D eigenvalue weighted by Crippen LogP contribution is 2.67. The Morgan fingerprint density at radius 3 is 1.23 bits per heavy atom. The normalized spacial score (nSPS) is 21.7. The van der Waals surface area contributed by atoms with Crippen LogP contribution in [0.15, 0.2) is 66.7 Å². The highest BCUT2D eigenvalue weighted by Gasteiger charge is 2.59. The van der Waals surface area contributed by atoms with Gasteiger partial charge in [0.2, 0.25) is 28.7 Å². The first-order chi connectivity index (χ1) is 51.0. The molecule has 0 spiro atoms. The smallest absolute Gasteiger partial charge is 0.340 e. The van der Waals surface area contributed by atoms with E-state index < -0.39 is 336 Å². The standard InChI is InChI=1S/C71H50O37/c72-20-3-1-14(5-23(20)75)60-31(83)7-16-22(74)11-25(77)36(62(16)104-60)40-37-26(78)12-27(79)38(64(37)105-61(57(40)94)15-2-4-21(73)24(76)6-15)44-43-46-42(55(92)59(96)56(43)93)41-45-39(53(90)58(95)54(41)91)35-19(10-30(82)49(86)52(35)89)68(98)103-32-13-102-67(97)17-8-28(80)47(84)50(87)33(17)34-18(9-29(81)48(85)51(34)88)69(99)106-63(32)66(108-71(45)101)65(44)107-70(46)100/h1-6,8-12,31-32,40,44,57,60-61,63,65-66,72-96H,7,13H2/t31-,32+,40-,44-,57-,60-,61+,63+,65-,66-/m0/s1. The van der Waals surface area contributed by atoms with Crippen LogP contribution in [0.4, 0.5) is 0 Å². The molecule has 0 unspecified atom stereocenters. The fourth-order valence-electron chi connectivity index (χ4n) is 14.8. The first kappa shape index (κ1) is 69.0. The van der Waals surface area contributed by atoms with E-state index in [9.17, 15) is 132 Å². The molecule has 10 atom stereocenters. The molecule has 37 nitrogen and oxygen atoms in total. The topological polar surface area (TPSA) is 656 Å². The number of cyclic esters (lactones) is 1. The summed E-state index contributed by atoms with van der Waals surface area (Å²) in [6, 6.07) is 7.72. The van der Waals surface area contributed by atoms with Gasteiger partial charge in [0.15, 0.2) is 111 Å². The highest BCUT2D eigenvalue weighted by atomic mass is 16.6. The van der Waals surface area contributed by atoms with E-state index in [4.69, 9.17) is 33.2 Å². The lowest BCUT2D eigenvalue weighted by molar-refractivity contribution is -0.135. The predicted octanol–water partition coefficient (Wildman–Crippen LogP) is 4.72. The van der Waals surface area contributed by atoms with Crippen molar-refractivity contribution in [2.24, 2.45) is 0 Å². The number of carbonyl (C=O) groups excluding carboxylic acids is 5. The predicted molar refractivity (Wildman–Crippen MR) is 346 cm³/mol. The first-order valence-electron chi connectivity index (χ1n) is 31.4. The van der Waals surface area contributed by atoms with Crippen molar-refractivity contribution in [3.63, 3.8) is 0 Å². The minimum absolute atomic E-state index is 0.0928. The SMILES string of the molecule is O=C1OC[C@H]2OC(=O)c3cc(O)c(O)c(O)c3-c3c(O)c(O)c(O)c4c3C(=O)O[C@H]([C@H]3OC(=O)c5c-4c(O)c(O)c(O)c5[C@@H]3c3c(O)cc(O)c4c3O[C@H](c3ccc(O)c(O)c3)[C@@H](O)[C@H]4c3c(O)cc(O)c4c3O[C@@H](c3ccc(O)c(O)c3)[C@@H](O)C4)[C@@H]2OC(=O)c2cc(O)c(O)c(O)c2-c2c1cc(O)c(O)c2O. The summed E-state index contributed by atoms with van der Waals surface area (Å²) in [5, 5.41) is 292. The van der Waals surface area contributed by atoms with E-state index in [0.29, 0.717) is 18.2 Å². The maximum atomic E-state index is 16.3. The van der Waals surface area contributed by atoms with Crippen LogP contribution in [0.3, 0.4) is 0 Å². The fourth-order valence-corrected chi connectivity index (χ4v) is 14.8. The number of aliphatic hydroxyl groups excluding tert-OH is 2. The maximum Gasteiger partial charge on any atom is 0.340 e. The van der Waals surface area contributed by atoms with E-state index in [1.54, 1.807) is 0 Å². The van der Waals surface area contributed by atoms with Gasteiger partial charge < -0.3 is 161 Å². The Morgan fingerprint density at radius 2 is 0.694 bits per heavy atom. The molecule has 7 aliphatic heterocycles. The van der Waals surface area contributed by atoms with Crippen LogP contribution in [0.5, 0.6) is 144 Å². The molecule has 0 saturated heterocycles. The molecule has 37 heteroatoms. The minimum atomic E-state index is -3.22. The van der Waals surface area contributed by atoms with E-state index in [1.165, 1.54) is 6.07 Å². The van der Waals surface area contributed by atoms with Crippen molar-refractivity contribution in [2.45, 2.75) is 67.1 Å².